The number of hydrogen-bond acceptors (Lipinski definition) is 2. The minimum Gasteiger partial charge on any atom is -0.393 e. The Labute approximate surface area is 127 Å². The monoisotopic (exact) mass is 286 g/mol. The van der Waals surface area contributed by atoms with Gasteiger partial charge in [-0.1, -0.05) is 12.5 Å². The van der Waals surface area contributed by atoms with Gasteiger partial charge in [0.05, 0.1) is 6.10 Å². The summed E-state index contributed by atoms with van der Waals surface area (Å²) < 4.78 is 0. The Kier molecular flexibility index (Phi) is 2.34. The quantitative estimate of drug-likeness (QED) is 0.740. The fraction of sp³-hybridized carbons (Fsp3) is 0.842. The summed E-state index contributed by atoms with van der Waals surface area (Å²) in [5.74, 6) is 3.50. The van der Waals surface area contributed by atoms with E-state index in [1.165, 1.54) is 31.3 Å². The lowest BCUT2D eigenvalue weighted by molar-refractivity contribution is -0.116. The predicted octanol–water partition coefficient (Wildman–Crippen LogP) is 3.49. The number of allylic oxidation sites excluding steroid dienone is 1. The molecular weight excluding hydrogens is 260 g/mol. The Morgan fingerprint density at radius 3 is 2.95 bits per heavy atom. The maximum Gasteiger partial charge on any atom is 0.155 e. The van der Waals surface area contributed by atoms with Gasteiger partial charge in [-0.15, -0.1) is 0 Å². The molecule has 21 heavy (non-hydrogen) atoms. The summed E-state index contributed by atoms with van der Waals surface area (Å²) in [6.45, 7) is 2.39. The Balaban J connectivity index is 1.53. The SMILES string of the molecule is C[C@]12CC[C@H]3[C@@H](CCC4=CC(=O)CC[C@@H]43)[C@@]13C[C@H]3C[C@H]2O. The summed E-state index contributed by atoms with van der Waals surface area (Å²) in [6.07, 6.45) is 11.2. The number of carbonyl (C=O) groups is 1. The normalized spacial score (nSPS) is 57.7. The van der Waals surface area contributed by atoms with Crippen LogP contribution in [0.3, 0.4) is 0 Å². The van der Waals surface area contributed by atoms with Crippen LogP contribution in [-0.4, -0.2) is 17.0 Å². The van der Waals surface area contributed by atoms with E-state index < -0.39 is 0 Å². The first-order valence-corrected chi connectivity index (χ1v) is 8.97. The lowest BCUT2D eigenvalue weighted by Gasteiger charge is -2.55. The fourth-order valence-electron chi connectivity index (χ4n) is 7.40. The van der Waals surface area contributed by atoms with Crippen LogP contribution in [0.15, 0.2) is 11.6 Å². The second kappa shape index (κ2) is 3.82. The molecule has 0 unspecified atom stereocenters. The van der Waals surface area contributed by atoms with Gasteiger partial charge in [0.2, 0.25) is 0 Å². The summed E-state index contributed by atoms with van der Waals surface area (Å²) in [4.78, 5) is 11.7. The molecule has 5 rings (SSSR count). The summed E-state index contributed by atoms with van der Waals surface area (Å²) in [5.41, 5.74) is 2.15. The zero-order valence-electron chi connectivity index (χ0n) is 13.0. The Morgan fingerprint density at radius 1 is 1.24 bits per heavy atom. The van der Waals surface area contributed by atoms with Crippen LogP contribution in [-0.2, 0) is 4.79 Å². The van der Waals surface area contributed by atoms with Gasteiger partial charge in [-0.2, -0.15) is 0 Å². The van der Waals surface area contributed by atoms with E-state index in [9.17, 15) is 9.90 Å². The highest BCUT2D eigenvalue weighted by atomic mass is 16.3. The third-order valence-electron chi connectivity index (χ3n) is 8.42. The van der Waals surface area contributed by atoms with Gasteiger partial charge in [0.15, 0.2) is 5.78 Å². The molecule has 2 heteroatoms. The van der Waals surface area contributed by atoms with Gasteiger partial charge in [-0.3, -0.25) is 4.79 Å². The zero-order valence-corrected chi connectivity index (χ0v) is 13.0. The van der Waals surface area contributed by atoms with Crippen LogP contribution in [0, 0.1) is 34.5 Å². The molecule has 0 aliphatic heterocycles. The molecule has 2 nitrogen and oxygen atoms in total. The minimum absolute atomic E-state index is 0.0536. The molecular formula is C19H26O2. The van der Waals surface area contributed by atoms with Crippen LogP contribution in [0.4, 0.5) is 0 Å². The van der Waals surface area contributed by atoms with Crippen molar-refractivity contribution in [1.82, 2.24) is 0 Å². The molecule has 0 radical (unpaired) electrons. The standard InChI is InChI=1S/C19H26O2/c1-18-7-6-15-14-4-3-13(20)8-11(14)2-5-16(15)19(18)10-12(19)9-17(18)21/h8,12,14-17,21H,2-7,9-10H2,1H3/t12-,14+,15-,16-,17-,18-,19+/m1/s1. The predicted molar refractivity (Wildman–Crippen MR) is 80.5 cm³/mol. The van der Waals surface area contributed by atoms with Crippen LogP contribution < -0.4 is 0 Å². The highest BCUT2D eigenvalue weighted by Crippen LogP contribution is 2.81. The molecule has 0 saturated heterocycles. The Bertz CT molecular complexity index is 550. The molecule has 0 aromatic heterocycles. The molecule has 0 bridgehead atoms. The zero-order chi connectivity index (χ0) is 14.4. The van der Waals surface area contributed by atoms with E-state index >= 15 is 0 Å². The summed E-state index contributed by atoms with van der Waals surface area (Å²) in [7, 11) is 0. The van der Waals surface area contributed by atoms with E-state index in [1.54, 1.807) is 0 Å². The van der Waals surface area contributed by atoms with Crippen LogP contribution in [0.25, 0.3) is 0 Å². The first-order valence-electron chi connectivity index (χ1n) is 8.97. The number of aliphatic hydroxyl groups is 1. The fourth-order valence-corrected chi connectivity index (χ4v) is 7.40. The van der Waals surface area contributed by atoms with Crippen LogP contribution >= 0.6 is 0 Å². The lowest BCUT2D eigenvalue weighted by atomic mass is 9.49. The number of ketones is 1. The minimum atomic E-state index is -0.0536. The van der Waals surface area contributed by atoms with Crippen molar-refractivity contribution in [3.8, 4) is 0 Å². The molecule has 1 spiro atoms. The molecule has 0 amide bonds. The number of rotatable bonds is 0. The van der Waals surface area contributed by atoms with Crippen molar-refractivity contribution in [3.63, 3.8) is 0 Å². The molecule has 5 aliphatic rings. The molecule has 0 aromatic rings. The van der Waals surface area contributed by atoms with Crippen LogP contribution in [0.1, 0.15) is 58.3 Å². The van der Waals surface area contributed by atoms with E-state index in [0.29, 0.717) is 17.1 Å². The Morgan fingerprint density at radius 2 is 2.10 bits per heavy atom. The van der Waals surface area contributed by atoms with Crippen LogP contribution in [0.5, 0.6) is 0 Å². The van der Waals surface area contributed by atoms with Gasteiger partial charge in [-0.05, 0) is 85.5 Å². The van der Waals surface area contributed by atoms with Gasteiger partial charge in [-0.25, -0.2) is 0 Å². The summed E-state index contributed by atoms with van der Waals surface area (Å²) in [6, 6.07) is 0. The molecule has 1 N–H and O–H groups in total. The first kappa shape index (κ1) is 12.9. The van der Waals surface area contributed by atoms with Crippen molar-refractivity contribution in [3.05, 3.63) is 11.6 Å². The molecule has 7 atom stereocenters. The topological polar surface area (TPSA) is 37.3 Å². The van der Waals surface area contributed by atoms with Crippen LogP contribution in [0.2, 0.25) is 0 Å². The van der Waals surface area contributed by atoms with Crippen molar-refractivity contribution < 1.29 is 9.90 Å². The lowest BCUT2D eigenvalue weighted by Crippen LogP contribution is -2.50. The van der Waals surface area contributed by atoms with E-state index in [4.69, 9.17) is 0 Å². The Hall–Kier alpha value is -0.630. The van der Waals surface area contributed by atoms with E-state index in [0.717, 1.165) is 43.4 Å². The van der Waals surface area contributed by atoms with Crippen molar-refractivity contribution >= 4 is 5.78 Å². The maximum absolute atomic E-state index is 11.7. The van der Waals surface area contributed by atoms with Gasteiger partial charge in [0.25, 0.3) is 0 Å². The average Bonchev–Trinajstić information content (AvgIpc) is 3.12. The second-order valence-corrected chi connectivity index (χ2v) is 8.79. The molecule has 114 valence electrons. The molecule has 0 aromatic carbocycles. The summed E-state index contributed by atoms with van der Waals surface area (Å²) >= 11 is 0. The molecule has 0 heterocycles. The first-order chi connectivity index (χ1) is 10.1. The average molecular weight is 286 g/mol. The van der Waals surface area contributed by atoms with Gasteiger partial charge >= 0.3 is 0 Å². The van der Waals surface area contributed by atoms with Crippen molar-refractivity contribution in [2.45, 2.75) is 64.4 Å². The van der Waals surface area contributed by atoms with Gasteiger partial charge < -0.3 is 5.11 Å². The molecule has 4 saturated carbocycles. The van der Waals surface area contributed by atoms with E-state index in [-0.39, 0.29) is 11.5 Å². The highest BCUT2D eigenvalue weighted by molar-refractivity contribution is 5.91. The third kappa shape index (κ3) is 1.37. The maximum atomic E-state index is 11.7. The van der Waals surface area contributed by atoms with Crippen molar-refractivity contribution in [1.29, 1.82) is 0 Å². The number of carbonyl (C=O) groups excluding carboxylic acids is 1. The largest absolute Gasteiger partial charge is 0.393 e. The smallest absolute Gasteiger partial charge is 0.155 e. The second-order valence-electron chi connectivity index (χ2n) is 8.79. The van der Waals surface area contributed by atoms with E-state index in [2.05, 4.69) is 6.92 Å². The molecule has 4 fully saturated rings. The third-order valence-corrected chi connectivity index (χ3v) is 8.42. The molecule has 5 aliphatic carbocycles. The van der Waals surface area contributed by atoms with Crippen molar-refractivity contribution in [2.24, 2.45) is 34.5 Å². The highest BCUT2D eigenvalue weighted by Gasteiger charge is 2.76. The van der Waals surface area contributed by atoms with Gasteiger partial charge in [0, 0.05) is 6.42 Å². The van der Waals surface area contributed by atoms with E-state index in [1.807, 2.05) is 6.08 Å². The number of fused-ring (bicyclic) bond motifs is 3. The van der Waals surface area contributed by atoms with Gasteiger partial charge in [0.1, 0.15) is 0 Å². The number of hydrogen-bond donors (Lipinski definition) is 1. The number of aliphatic hydroxyl groups excluding tert-OH is 1. The summed E-state index contributed by atoms with van der Waals surface area (Å²) in [5, 5.41) is 10.6. The van der Waals surface area contributed by atoms with Crippen molar-refractivity contribution in [2.75, 3.05) is 0 Å².